The van der Waals surface area contributed by atoms with Gasteiger partial charge in [0.2, 0.25) is 0 Å². The van der Waals surface area contributed by atoms with Crippen molar-refractivity contribution in [3.05, 3.63) is 29.6 Å². The van der Waals surface area contributed by atoms with Crippen molar-refractivity contribution in [2.75, 3.05) is 6.61 Å². The molecule has 1 aromatic heterocycles. The Hall–Kier alpha value is -1.42. The second kappa shape index (κ2) is 6.23. The van der Waals surface area contributed by atoms with E-state index in [1.54, 1.807) is 13.1 Å². The molecule has 88 valence electrons. The van der Waals surface area contributed by atoms with Gasteiger partial charge in [-0.3, -0.25) is 9.78 Å². The van der Waals surface area contributed by atoms with Gasteiger partial charge >= 0.3 is 5.97 Å². The zero-order valence-corrected chi connectivity index (χ0v) is 9.64. The van der Waals surface area contributed by atoms with Crippen LogP contribution in [0.15, 0.2) is 18.3 Å². The van der Waals surface area contributed by atoms with E-state index < -0.39 is 6.10 Å². The van der Waals surface area contributed by atoms with Crippen LogP contribution in [-0.2, 0) is 9.53 Å². The number of esters is 1. The maximum atomic E-state index is 11.1. The maximum Gasteiger partial charge on any atom is 0.305 e. The largest absolute Gasteiger partial charge is 0.466 e. The van der Waals surface area contributed by atoms with Crippen LogP contribution in [0.2, 0.25) is 0 Å². The van der Waals surface area contributed by atoms with Crippen molar-refractivity contribution >= 4 is 5.97 Å². The first kappa shape index (κ1) is 12.6. The van der Waals surface area contributed by atoms with Crippen molar-refractivity contribution in [1.82, 2.24) is 4.98 Å². The van der Waals surface area contributed by atoms with Crippen molar-refractivity contribution in [1.29, 1.82) is 0 Å². The summed E-state index contributed by atoms with van der Waals surface area (Å²) in [5.74, 6) is -0.276. The number of carbonyl (C=O) groups excluding carboxylic acids is 1. The predicted octanol–water partition coefficient (Wildman–Crippen LogP) is 1.77. The van der Waals surface area contributed by atoms with Gasteiger partial charge in [-0.1, -0.05) is 6.07 Å². The minimum atomic E-state index is -0.655. The quantitative estimate of drug-likeness (QED) is 0.773. The molecule has 0 saturated heterocycles. The van der Waals surface area contributed by atoms with Crippen LogP contribution in [0.4, 0.5) is 0 Å². The number of aromatic nitrogens is 1. The van der Waals surface area contributed by atoms with Gasteiger partial charge in [0.25, 0.3) is 0 Å². The van der Waals surface area contributed by atoms with E-state index in [2.05, 4.69) is 4.98 Å². The number of rotatable bonds is 5. The summed E-state index contributed by atoms with van der Waals surface area (Å²) in [6, 6.07) is 3.65. The molecule has 0 saturated carbocycles. The van der Waals surface area contributed by atoms with Gasteiger partial charge in [-0.05, 0) is 31.9 Å². The molecule has 1 aromatic rings. The molecule has 1 atom stereocenters. The van der Waals surface area contributed by atoms with Crippen molar-refractivity contribution < 1.29 is 14.6 Å². The van der Waals surface area contributed by atoms with Crippen LogP contribution in [0.25, 0.3) is 0 Å². The monoisotopic (exact) mass is 223 g/mol. The smallest absolute Gasteiger partial charge is 0.305 e. The summed E-state index contributed by atoms with van der Waals surface area (Å²) in [4.78, 5) is 15.2. The number of pyridine rings is 1. The highest BCUT2D eigenvalue weighted by Gasteiger charge is 2.11. The highest BCUT2D eigenvalue weighted by Crippen LogP contribution is 2.17. The Balaban J connectivity index is 2.43. The van der Waals surface area contributed by atoms with Crippen LogP contribution in [0, 0.1) is 6.92 Å². The Morgan fingerprint density at radius 1 is 1.56 bits per heavy atom. The Morgan fingerprint density at radius 2 is 2.31 bits per heavy atom. The van der Waals surface area contributed by atoms with Gasteiger partial charge in [0.15, 0.2) is 0 Å². The van der Waals surface area contributed by atoms with Gasteiger partial charge in [-0.25, -0.2) is 0 Å². The minimum Gasteiger partial charge on any atom is -0.466 e. The summed E-state index contributed by atoms with van der Waals surface area (Å²) in [7, 11) is 0. The predicted molar refractivity (Wildman–Crippen MR) is 59.8 cm³/mol. The number of aryl methyl sites for hydroxylation is 1. The Labute approximate surface area is 95.3 Å². The van der Waals surface area contributed by atoms with Gasteiger partial charge in [0.1, 0.15) is 0 Å². The van der Waals surface area contributed by atoms with Gasteiger partial charge in [-0.15, -0.1) is 0 Å². The van der Waals surface area contributed by atoms with Crippen LogP contribution < -0.4 is 0 Å². The number of hydrogen-bond acceptors (Lipinski definition) is 4. The molecule has 0 amide bonds. The molecule has 0 radical (unpaired) electrons. The zero-order chi connectivity index (χ0) is 12.0. The molecule has 1 rings (SSSR count). The van der Waals surface area contributed by atoms with E-state index in [1.807, 2.05) is 19.1 Å². The molecule has 4 nitrogen and oxygen atoms in total. The molecule has 0 aromatic carbocycles. The van der Waals surface area contributed by atoms with Crippen LogP contribution in [0.1, 0.15) is 37.1 Å². The number of hydrogen-bond donors (Lipinski definition) is 1. The maximum absolute atomic E-state index is 11.1. The molecular formula is C12H17NO3. The summed E-state index contributed by atoms with van der Waals surface area (Å²) < 4.78 is 4.78. The average Bonchev–Trinajstić information content (AvgIpc) is 2.27. The summed E-state index contributed by atoms with van der Waals surface area (Å²) in [5.41, 5.74) is 1.64. The first-order valence-corrected chi connectivity index (χ1v) is 5.39. The third-order valence-corrected chi connectivity index (χ3v) is 2.25. The van der Waals surface area contributed by atoms with E-state index >= 15 is 0 Å². The molecular weight excluding hydrogens is 206 g/mol. The zero-order valence-electron chi connectivity index (χ0n) is 9.64. The van der Waals surface area contributed by atoms with Gasteiger partial charge in [0.05, 0.1) is 12.7 Å². The number of ether oxygens (including phenoxy) is 1. The van der Waals surface area contributed by atoms with Crippen LogP contribution in [-0.4, -0.2) is 22.7 Å². The molecule has 1 unspecified atom stereocenters. The first-order valence-electron chi connectivity index (χ1n) is 5.39. The molecule has 1 N–H and O–H groups in total. The molecule has 16 heavy (non-hydrogen) atoms. The summed E-state index contributed by atoms with van der Waals surface area (Å²) in [6.07, 6.45) is 1.56. The van der Waals surface area contributed by atoms with Gasteiger partial charge in [0, 0.05) is 18.3 Å². The molecule has 4 heteroatoms. The lowest BCUT2D eigenvalue weighted by Gasteiger charge is -2.10. The fraction of sp³-hybridized carbons (Fsp3) is 0.500. The molecule has 0 aliphatic rings. The number of aliphatic hydroxyl groups is 1. The Morgan fingerprint density at radius 3 is 2.88 bits per heavy atom. The molecule has 0 spiro atoms. The Kier molecular flexibility index (Phi) is 4.92. The number of aliphatic hydroxyl groups excluding tert-OH is 1. The molecule has 0 aliphatic carbocycles. The van der Waals surface area contributed by atoms with Crippen molar-refractivity contribution in [2.24, 2.45) is 0 Å². The van der Waals surface area contributed by atoms with E-state index in [-0.39, 0.29) is 12.4 Å². The lowest BCUT2D eigenvalue weighted by Crippen LogP contribution is -2.07. The lowest BCUT2D eigenvalue weighted by atomic mass is 10.1. The van der Waals surface area contributed by atoms with E-state index in [0.29, 0.717) is 13.0 Å². The van der Waals surface area contributed by atoms with Crippen molar-refractivity contribution in [3.8, 4) is 0 Å². The normalized spacial score (nSPS) is 12.2. The lowest BCUT2D eigenvalue weighted by molar-refractivity contribution is -0.143. The Bertz CT molecular complexity index is 335. The van der Waals surface area contributed by atoms with E-state index in [9.17, 15) is 9.90 Å². The van der Waals surface area contributed by atoms with Crippen molar-refractivity contribution in [3.63, 3.8) is 0 Å². The summed E-state index contributed by atoms with van der Waals surface area (Å²) in [5, 5.41) is 9.78. The standard InChI is InChI=1S/C12H17NO3/c1-3-16-12(15)7-6-11(14)10-5-4-9(2)13-8-10/h4-5,8,11,14H,3,6-7H2,1-2H3. The second-order valence-electron chi connectivity index (χ2n) is 3.59. The number of carbonyl (C=O) groups is 1. The summed E-state index contributed by atoms with van der Waals surface area (Å²) >= 11 is 0. The van der Waals surface area contributed by atoms with Crippen LogP contribution in [0.3, 0.4) is 0 Å². The molecule has 1 heterocycles. The SMILES string of the molecule is CCOC(=O)CCC(O)c1ccc(C)nc1. The highest BCUT2D eigenvalue weighted by molar-refractivity contribution is 5.69. The summed E-state index contributed by atoms with van der Waals surface area (Å²) in [6.45, 7) is 4.02. The molecule has 0 bridgehead atoms. The number of nitrogens with zero attached hydrogens (tertiary/aromatic N) is 1. The fourth-order valence-electron chi connectivity index (χ4n) is 1.33. The van der Waals surface area contributed by atoms with E-state index in [1.165, 1.54) is 0 Å². The highest BCUT2D eigenvalue weighted by atomic mass is 16.5. The topological polar surface area (TPSA) is 59.4 Å². The minimum absolute atomic E-state index is 0.225. The van der Waals surface area contributed by atoms with Crippen LogP contribution in [0.5, 0.6) is 0 Å². The third kappa shape index (κ3) is 3.98. The average molecular weight is 223 g/mol. The van der Waals surface area contributed by atoms with E-state index in [0.717, 1.165) is 11.3 Å². The third-order valence-electron chi connectivity index (χ3n) is 2.25. The molecule has 0 aliphatic heterocycles. The fourth-order valence-corrected chi connectivity index (χ4v) is 1.33. The first-order chi connectivity index (χ1) is 7.63. The second-order valence-corrected chi connectivity index (χ2v) is 3.59. The van der Waals surface area contributed by atoms with Crippen LogP contribution >= 0.6 is 0 Å². The van der Waals surface area contributed by atoms with E-state index in [4.69, 9.17) is 4.74 Å². The van der Waals surface area contributed by atoms with Gasteiger partial charge < -0.3 is 9.84 Å². The molecule has 0 fully saturated rings. The van der Waals surface area contributed by atoms with Crippen molar-refractivity contribution in [2.45, 2.75) is 32.8 Å². The van der Waals surface area contributed by atoms with Gasteiger partial charge in [-0.2, -0.15) is 0 Å².